The first-order chi connectivity index (χ1) is 22.9. The van der Waals surface area contributed by atoms with Gasteiger partial charge in [0.25, 0.3) is 11.4 Å². The fourth-order valence-corrected chi connectivity index (χ4v) is 6.85. The molecule has 0 N–H and O–H groups in total. The molecule has 2 nitrogen and oxygen atoms in total. The number of aromatic nitrogens is 2. The Morgan fingerprint density at radius 3 is 1.75 bits per heavy atom. The molecule has 0 amide bonds. The quantitative estimate of drug-likeness (QED) is 0.136. The first-order valence-electron chi connectivity index (χ1n) is 17.1. The zero-order valence-corrected chi connectivity index (χ0v) is 29.6. The zero-order chi connectivity index (χ0) is 33.8. The number of benzene rings is 5. The Hall–Kier alpha value is -5.08. The highest BCUT2D eigenvalue weighted by Crippen LogP contribution is 2.34. The highest BCUT2D eigenvalue weighted by Gasteiger charge is 2.32. The largest absolute Gasteiger partial charge is 0.285 e. The lowest BCUT2D eigenvalue weighted by Crippen LogP contribution is -2.68. The molecule has 0 unspecified atom stereocenters. The van der Waals surface area contributed by atoms with Crippen molar-refractivity contribution in [3.8, 4) is 33.6 Å². The van der Waals surface area contributed by atoms with Gasteiger partial charge in [0.2, 0.25) is 12.4 Å². The van der Waals surface area contributed by atoms with Crippen LogP contribution in [0.25, 0.3) is 55.2 Å². The molecule has 48 heavy (non-hydrogen) atoms. The number of rotatable bonds is 4. The summed E-state index contributed by atoms with van der Waals surface area (Å²) in [6, 6.07) is 44.9. The second-order valence-corrected chi connectivity index (χ2v) is 15.4. The van der Waals surface area contributed by atoms with Crippen LogP contribution in [0.1, 0.15) is 63.8 Å². The maximum Gasteiger partial charge on any atom is 0.285 e. The summed E-state index contributed by atoms with van der Waals surface area (Å²) >= 11 is 0. The van der Waals surface area contributed by atoms with E-state index in [2.05, 4.69) is 198 Å². The van der Waals surface area contributed by atoms with Gasteiger partial charge in [-0.25, -0.2) is 0 Å². The average molecular weight is 627 g/mol. The Kier molecular flexibility index (Phi) is 7.79. The van der Waals surface area contributed by atoms with Crippen LogP contribution in [0.3, 0.4) is 0 Å². The second-order valence-electron chi connectivity index (χ2n) is 15.4. The third kappa shape index (κ3) is 5.81. The Morgan fingerprint density at radius 2 is 1.02 bits per heavy atom. The number of hydrogen-bond acceptors (Lipinski definition) is 0. The minimum absolute atomic E-state index is 0.00400. The van der Waals surface area contributed by atoms with Crippen molar-refractivity contribution in [2.45, 2.75) is 66.2 Å². The summed E-state index contributed by atoms with van der Waals surface area (Å²) < 4.78 is 4.69. The van der Waals surface area contributed by atoms with Crippen molar-refractivity contribution in [3.05, 3.63) is 156 Å². The molecule has 0 saturated carbocycles. The lowest BCUT2D eigenvalue weighted by atomic mass is 9.83. The number of aryl methyl sites for hydroxylation is 2. The van der Waals surface area contributed by atoms with Crippen LogP contribution in [-0.2, 0) is 10.8 Å². The van der Waals surface area contributed by atoms with Gasteiger partial charge < -0.3 is 0 Å². The molecule has 0 aliphatic carbocycles. The van der Waals surface area contributed by atoms with Crippen LogP contribution < -0.4 is 9.35 Å². The molecule has 2 heterocycles. The first kappa shape index (κ1) is 31.5. The molecule has 0 aliphatic heterocycles. The summed E-state index contributed by atoms with van der Waals surface area (Å²) in [5.41, 5.74) is 12.4. The Bertz CT molecular complexity index is 2320. The molecular formula is C46H46N2+2. The van der Waals surface area contributed by atoms with Crippen LogP contribution in [0.4, 0.5) is 0 Å². The normalized spacial score (nSPS) is 12.2. The van der Waals surface area contributed by atoms with E-state index in [1.54, 1.807) is 0 Å². The van der Waals surface area contributed by atoms with Gasteiger partial charge in [0, 0.05) is 24.3 Å². The number of fused-ring (bicyclic) bond motifs is 3. The standard InChI is InChI=1S/C46H46N2/c1-31-18-21-37(45(3,4)5)28-40(31)44-29-38(46(6,7)8)23-25-48(44)47-24-22-35(33-14-10-9-11-15-33)27-43(47)41-30-42-36(26-32(41)2)20-19-34-16-12-13-17-39(34)42/h9-30H,1-8H3/q+2. The van der Waals surface area contributed by atoms with Gasteiger partial charge in [-0.05, 0) is 91.7 Å². The van der Waals surface area contributed by atoms with E-state index in [1.165, 1.54) is 71.7 Å². The minimum atomic E-state index is 0.00400. The average Bonchev–Trinajstić information content (AvgIpc) is 3.07. The van der Waals surface area contributed by atoms with Gasteiger partial charge in [0.05, 0.1) is 20.5 Å². The van der Waals surface area contributed by atoms with Crippen LogP contribution in [0.15, 0.2) is 134 Å². The topological polar surface area (TPSA) is 7.76 Å². The molecule has 0 atom stereocenters. The van der Waals surface area contributed by atoms with Crippen molar-refractivity contribution < 1.29 is 9.35 Å². The molecule has 0 spiro atoms. The summed E-state index contributed by atoms with van der Waals surface area (Å²) in [6.45, 7) is 18.3. The SMILES string of the molecule is Cc1ccc(C(C)(C)C)cc1-c1cc(C(C)(C)C)cc[n+]1-[n+]1ccc(-c2ccccc2)cc1-c1cc2c(ccc3ccccc32)cc1C. The van der Waals surface area contributed by atoms with E-state index in [9.17, 15) is 0 Å². The molecule has 0 radical (unpaired) electrons. The lowest BCUT2D eigenvalue weighted by Gasteiger charge is -2.21. The fourth-order valence-electron chi connectivity index (χ4n) is 6.85. The molecule has 5 aromatic carbocycles. The number of hydrogen-bond donors (Lipinski definition) is 0. The van der Waals surface area contributed by atoms with Crippen LogP contribution in [0, 0.1) is 13.8 Å². The van der Waals surface area contributed by atoms with Crippen molar-refractivity contribution in [3.63, 3.8) is 0 Å². The summed E-state index contributed by atoms with van der Waals surface area (Å²) in [5, 5.41) is 5.07. The smallest absolute Gasteiger partial charge is 0.0622 e. The Morgan fingerprint density at radius 1 is 0.417 bits per heavy atom. The molecule has 0 fully saturated rings. The maximum atomic E-state index is 2.41. The van der Waals surface area contributed by atoms with E-state index in [4.69, 9.17) is 0 Å². The van der Waals surface area contributed by atoms with Gasteiger partial charge in [-0.15, -0.1) is 0 Å². The monoisotopic (exact) mass is 626 g/mol. The third-order valence-electron chi connectivity index (χ3n) is 9.82. The van der Waals surface area contributed by atoms with Crippen LogP contribution in [0.2, 0.25) is 0 Å². The summed E-state index contributed by atoms with van der Waals surface area (Å²) in [4.78, 5) is 0. The molecule has 2 heteroatoms. The predicted molar refractivity (Wildman–Crippen MR) is 202 cm³/mol. The van der Waals surface area contributed by atoms with Crippen LogP contribution in [-0.4, -0.2) is 0 Å². The van der Waals surface area contributed by atoms with Crippen LogP contribution in [0.5, 0.6) is 0 Å². The van der Waals surface area contributed by atoms with Gasteiger partial charge >= 0.3 is 0 Å². The van der Waals surface area contributed by atoms with Crippen LogP contribution >= 0.6 is 0 Å². The van der Waals surface area contributed by atoms with Crippen molar-refractivity contribution in [1.29, 1.82) is 0 Å². The number of pyridine rings is 2. The van der Waals surface area contributed by atoms with Gasteiger partial charge in [-0.1, -0.05) is 126 Å². The van der Waals surface area contributed by atoms with E-state index in [0.717, 1.165) is 5.69 Å². The van der Waals surface area contributed by atoms with Gasteiger partial charge in [0.1, 0.15) is 0 Å². The van der Waals surface area contributed by atoms with Crippen molar-refractivity contribution in [1.82, 2.24) is 0 Å². The third-order valence-corrected chi connectivity index (χ3v) is 9.82. The fraction of sp³-hybridized carbons (Fsp3) is 0.217. The highest BCUT2D eigenvalue weighted by atomic mass is 15.4. The predicted octanol–water partition coefficient (Wildman–Crippen LogP) is 11.1. The van der Waals surface area contributed by atoms with E-state index < -0.39 is 0 Å². The second kappa shape index (κ2) is 11.9. The molecule has 238 valence electrons. The molecule has 0 bridgehead atoms. The highest BCUT2D eigenvalue weighted by molar-refractivity contribution is 6.09. The van der Waals surface area contributed by atoms with Gasteiger partial charge in [0.15, 0.2) is 0 Å². The van der Waals surface area contributed by atoms with E-state index >= 15 is 0 Å². The molecule has 7 aromatic rings. The van der Waals surface area contributed by atoms with Crippen molar-refractivity contribution in [2.24, 2.45) is 0 Å². The molecule has 7 rings (SSSR count). The Labute approximate surface area is 286 Å². The molecular weight excluding hydrogens is 581 g/mol. The lowest BCUT2D eigenvalue weighted by molar-refractivity contribution is -1.29. The summed E-state index contributed by atoms with van der Waals surface area (Å²) in [5.74, 6) is 0. The van der Waals surface area contributed by atoms with E-state index in [1.807, 2.05) is 0 Å². The maximum absolute atomic E-state index is 2.41. The van der Waals surface area contributed by atoms with Gasteiger partial charge in [-0.2, -0.15) is 0 Å². The first-order valence-corrected chi connectivity index (χ1v) is 17.1. The zero-order valence-electron chi connectivity index (χ0n) is 29.6. The Balaban J connectivity index is 1.56. The molecule has 0 aliphatic rings. The molecule has 2 aromatic heterocycles. The summed E-state index contributed by atoms with van der Waals surface area (Å²) in [6.07, 6.45) is 4.50. The number of nitrogens with zero attached hydrogens (tertiary/aromatic N) is 2. The van der Waals surface area contributed by atoms with Gasteiger partial charge in [-0.3, -0.25) is 0 Å². The van der Waals surface area contributed by atoms with E-state index in [0.29, 0.717) is 0 Å². The molecule has 0 saturated heterocycles. The minimum Gasteiger partial charge on any atom is -0.0622 e. The van der Waals surface area contributed by atoms with E-state index in [-0.39, 0.29) is 10.8 Å². The van der Waals surface area contributed by atoms with Crippen molar-refractivity contribution >= 4 is 21.5 Å². The van der Waals surface area contributed by atoms with Crippen molar-refractivity contribution in [2.75, 3.05) is 0 Å². The summed E-state index contributed by atoms with van der Waals surface area (Å²) in [7, 11) is 0.